The van der Waals surface area contributed by atoms with E-state index in [9.17, 15) is 18.0 Å². The second-order valence-electron chi connectivity index (χ2n) is 7.44. The lowest BCUT2D eigenvalue weighted by molar-refractivity contribution is -0.125. The third-order valence-electron chi connectivity index (χ3n) is 3.99. The molecule has 7 nitrogen and oxygen atoms in total. The van der Waals surface area contributed by atoms with Gasteiger partial charge in [-0.2, -0.15) is 0 Å². The molecule has 1 aliphatic heterocycles. The van der Waals surface area contributed by atoms with Gasteiger partial charge in [-0.3, -0.25) is 4.79 Å². The van der Waals surface area contributed by atoms with Crippen LogP contribution < -0.4 is 10.6 Å². The van der Waals surface area contributed by atoms with Gasteiger partial charge < -0.3 is 15.4 Å². The van der Waals surface area contributed by atoms with E-state index in [4.69, 9.17) is 4.74 Å². The van der Waals surface area contributed by atoms with Gasteiger partial charge in [0.2, 0.25) is 5.91 Å². The molecule has 1 saturated heterocycles. The van der Waals surface area contributed by atoms with Crippen molar-refractivity contribution in [2.24, 2.45) is 11.8 Å². The molecule has 0 aromatic rings. The topological polar surface area (TPSA) is 102 Å². The molecule has 2 N–H and O–H groups in total. The van der Waals surface area contributed by atoms with Gasteiger partial charge in [-0.05, 0) is 46.0 Å². The maximum atomic E-state index is 12.2. The maximum Gasteiger partial charge on any atom is 0.407 e. The molecule has 23 heavy (non-hydrogen) atoms. The highest BCUT2D eigenvalue weighted by Crippen LogP contribution is 2.33. The van der Waals surface area contributed by atoms with E-state index in [1.807, 2.05) is 0 Å². The van der Waals surface area contributed by atoms with E-state index in [0.29, 0.717) is 18.9 Å². The molecule has 2 fully saturated rings. The number of amides is 2. The summed E-state index contributed by atoms with van der Waals surface area (Å²) < 4.78 is 28.1. The second-order valence-corrected chi connectivity index (χ2v) is 9.66. The van der Waals surface area contributed by atoms with Gasteiger partial charge in [0.15, 0.2) is 9.84 Å². The van der Waals surface area contributed by atoms with Gasteiger partial charge in [-0.15, -0.1) is 0 Å². The first-order valence-electron chi connectivity index (χ1n) is 8.03. The number of alkyl carbamates (subject to hydrolysis) is 1. The molecular weight excluding hydrogens is 320 g/mol. The fourth-order valence-corrected chi connectivity index (χ4v) is 4.39. The number of carbonyl (C=O) groups is 2. The zero-order valence-corrected chi connectivity index (χ0v) is 14.7. The summed E-state index contributed by atoms with van der Waals surface area (Å²) in [6.45, 7) is 5.65. The largest absolute Gasteiger partial charge is 0.444 e. The van der Waals surface area contributed by atoms with Crippen LogP contribution in [0.4, 0.5) is 4.79 Å². The van der Waals surface area contributed by atoms with E-state index in [1.165, 1.54) is 0 Å². The average molecular weight is 346 g/mol. The lowest BCUT2D eigenvalue weighted by Gasteiger charge is -2.23. The highest BCUT2D eigenvalue weighted by molar-refractivity contribution is 7.91. The van der Waals surface area contributed by atoms with Crippen molar-refractivity contribution in [1.29, 1.82) is 0 Å². The third-order valence-corrected chi connectivity index (χ3v) is 5.76. The zero-order valence-electron chi connectivity index (χ0n) is 13.9. The Bertz CT molecular complexity index is 563. The third kappa shape index (κ3) is 6.01. The molecule has 0 aromatic carbocycles. The molecule has 0 bridgehead atoms. The van der Waals surface area contributed by atoms with Crippen LogP contribution in [0.5, 0.6) is 0 Å². The Labute approximate surface area is 137 Å². The standard InChI is InChI=1S/C15H26N2O5S/c1-15(2,3)22-14(19)16-8-12(10-4-5-10)17-13(18)11-6-7-23(20,21)9-11/h10-12H,4-9H2,1-3H3,(H,16,19)(H,17,18)/t11-,12+/m0/s1. The minimum atomic E-state index is -3.08. The van der Waals surface area contributed by atoms with Crippen LogP contribution in [0.2, 0.25) is 0 Å². The lowest BCUT2D eigenvalue weighted by Crippen LogP contribution is -2.48. The van der Waals surface area contributed by atoms with Crippen molar-refractivity contribution in [2.45, 2.75) is 51.7 Å². The summed E-state index contributed by atoms with van der Waals surface area (Å²) in [7, 11) is -3.08. The van der Waals surface area contributed by atoms with E-state index >= 15 is 0 Å². The van der Waals surface area contributed by atoms with E-state index in [1.54, 1.807) is 20.8 Å². The van der Waals surface area contributed by atoms with Crippen LogP contribution in [0.1, 0.15) is 40.0 Å². The highest BCUT2D eigenvalue weighted by Gasteiger charge is 2.37. The first-order chi connectivity index (χ1) is 10.6. The van der Waals surface area contributed by atoms with E-state index < -0.39 is 27.4 Å². The summed E-state index contributed by atoms with van der Waals surface area (Å²) in [5, 5.41) is 5.58. The van der Waals surface area contributed by atoms with Gasteiger partial charge in [0.1, 0.15) is 5.60 Å². The van der Waals surface area contributed by atoms with Crippen molar-refractivity contribution in [3.8, 4) is 0 Å². The Morgan fingerprint density at radius 2 is 1.87 bits per heavy atom. The summed E-state index contributed by atoms with van der Waals surface area (Å²) in [5.74, 6) is -0.353. The molecule has 1 heterocycles. The zero-order chi connectivity index (χ0) is 17.3. The average Bonchev–Trinajstić information content (AvgIpc) is 3.16. The molecule has 2 rings (SSSR count). The second kappa shape index (κ2) is 6.67. The van der Waals surface area contributed by atoms with E-state index in [2.05, 4.69) is 10.6 Å². The fraction of sp³-hybridized carbons (Fsp3) is 0.867. The normalized spacial score (nSPS) is 24.7. The first-order valence-corrected chi connectivity index (χ1v) is 9.85. The molecule has 2 aliphatic rings. The summed E-state index contributed by atoms with van der Waals surface area (Å²) >= 11 is 0. The number of hydrogen-bond donors (Lipinski definition) is 2. The monoisotopic (exact) mass is 346 g/mol. The number of rotatable bonds is 5. The van der Waals surface area contributed by atoms with Gasteiger partial charge in [0.05, 0.1) is 17.4 Å². The minimum Gasteiger partial charge on any atom is -0.444 e. The molecule has 8 heteroatoms. The van der Waals surface area contributed by atoms with E-state index in [-0.39, 0.29) is 23.5 Å². The van der Waals surface area contributed by atoms with Crippen LogP contribution in [0, 0.1) is 11.8 Å². The van der Waals surface area contributed by atoms with Crippen molar-refractivity contribution in [1.82, 2.24) is 10.6 Å². The Balaban J connectivity index is 1.82. The molecule has 2 atom stereocenters. The minimum absolute atomic E-state index is 0.0737. The number of ether oxygens (including phenoxy) is 1. The van der Waals surface area contributed by atoms with Crippen molar-refractivity contribution >= 4 is 21.8 Å². The molecule has 2 amide bonds. The predicted molar refractivity (Wildman–Crippen MR) is 85.7 cm³/mol. The summed E-state index contributed by atoms with van der Waals surface area (Å²) in [6, 6.07) is -0.168. The van der Waals surface area contributed by atoms with Gasteiger partial charge in [-0.25, -0.2) is 13.2 Å². The van der Waals surface area contributed by atoms with Crippen molar-refractivity contribution < 1.29 is 22.7 Å². The number of carbonyl (C=O) groups excluding carboxylic acids is 2. The maximum absolute atomic E-state index is 12.2. The van der Waals surface area contributed by atoms with Crippen LogP contribution in [0.3, 0.4) is 0 Å². The van der Waals surface area contributed by atoms with E-state index in [0.717, 1.165) is 12.8 Å². The Hall–Kier alpha value is -1.31. The summed E-state index contributed by atoms with van der Waals surface area (Å²) in [5.41, 5.74) is -0.569. The smallest absolute Gasteiger partial charge is 0.407 e. The molecular formula is C15H26N2O5S. The first kappa shape index (κ1) is 18.0. The van der Waals surface area contributed by atoms with Crippen molar-refractivity contribution in [3.63, 3.8) is 0 Å². The summed E-state index contributed by atoms with van der Waals surface area (Å²) in [6.07, 6.45) is 1.87. The van der Waals surface area contributed by atoms with Gasteiger partial charge >= 0.3 is 6.09 Å². The van der Waals surface area contributed by atoms with Gasteiger partial charge in [0.25, 0.3) is 0 Å². The van der Waals surface area contributed by atoms with Crippen LogP contribution >= 0.6 is 0 Å². The van der Waals surface area contributed by atoms with Crippen LogP contribution in [0.25, 0.3) is 0 Å². The molecule has 0 radical (unpaired) electrons. The van der Waals surface area contributed by atoms with Gasteiger partial charge in [-0.1, -0.05) is 0 Å². The van der Waals surface area contributed by atoms with Crippen LogP contribution in [0.15, 0.2) is 0 Å². The molecule has 0 aromatic heterocycles. The molecule has 0 spiro atoms. The molecule has 0 unspecified atom stereocenters. The SMILES string of the molecule is CC(C)(C)OC(=O)NC[C@@H](NC(=O)[C@H]1CCS(=O)(=O)C1)C1CC1. The molecule has 132 valence electrons. The molecule has 1 aliphatic carbocycles. The number of sulfone groups is 1. The Kier molecular flexibility index (Phi) is 5.23. The summed E-state index contributed by atoms with van der Waals surface area (Å²) in [4.78, 5) is 23.9. The van der Waals surface area contributed by atoms with Crippen molar-refractivity contribution in [3.05, 3.63) is 0 Å². The number of hydrogen-bond acceptors (Lipinski definition) is 5. The molecule has 1 saturated carbocycles. The number of nitrogens with one attached hydrogen (secondary N) is 2. The van der Waals surface area contributed by atoms with Gasteiger partial charge in [0, 0.05) is 12.6 Å². The van der Waals surface area contributed by atoms with Crippen molar-refractivity contribution in [2.75, 3.05) is 18.1 Å². The highest BCUT2D eigenvalue weighted by atomic mass is 32.2. The Morgan fingerprint density at radius 1 is 1.22 bits per heavy atom. The quantitative estimate of drug-likeness (QED) is 0.768. The predicted octanol–water partition coefficient (Wildman–Crippen LogP) is 0.841. The van der Waals surface area contributed by atoms with Crippen LogP contribution in [-0.2, 0) is 19.4 Å². The Morgan fingerprint density at radius 3 is 2.35 bits per heavy atom. The lowest BCUT2D eigenvalue weighted by atomic mass is 10.1. The fourth-order valence-electron chi connectivity index (χ4n) is 2.64. The van der Waals surface area contributed by atoms with Crippen LogP contribution in [-0.4, -0.2) is 50.1 Å².